The molecule has 132 valence electrons. The van der Waals surface area contributed by atoms with E-state index in [1.54, 1.807) is 54.8 Å². The number of furan rings is 1. The summed E-state index contributed by atoms with van der Waals surface area (Å²) in [5.41, 5.74) is 1.37. The second kappa shape index (κ2) is 7.93. The minimum Gasteiger partial charge on any atom is -0.467 e. The molecule has 3 rings (SSSR count). The molecule has 3 aromatic rings. The Morgan fingerprint density at radius 3 is 2.50 bits per heavy atom. The molecule has 0 spiro atoms. The lowest BCUT2D eigenvalue weighted by molar-refractivity contribution is 0.0600. The first-order valence-electron chi connectivity index (χ1n) is 7.75. The van der Waals surface area contributed by atoms with E-state index in [0.717, 1.165) is 5.69 Å². The lowest BCUT2D eigenvalue weighted by atomic mass is 10.2. The van der Waals surface area contributed by atoms with Gasteiger partial charge in [-0.2, -0.15) is 0 Å². The van der Waals surface area contributed by atoms with Crippen molar-refractivity contribution in [3.05, 3.63) is 71.8 Å². The number of benzene rings is 1. The number of rotatable bonds is 6. The first kappa shape index (κ1) is 17.2. The van der Waals surface area contributed by atoms with Gasteiger partial charge in [0.05, 0.1) is 25.5 Å². The zero-order chi connectivity index (χ0) is 18.4. The van der Waals surface area contributed by atoms with Crippen LogP contribution in [0.4, 0.5) is 11.5 Å². The topological polar surface area (TPSA) is 106 Å². The maximum absolute atomic E-state index is 12.0. The molecule has 1 amide bonds. The number of methoxy groups -OCH3 is 1. The number of nitrogens with one attached hydrogen (secondary N) is 2. The number of anilines is 2. The third kappa shape index (κ3) is 4.23. The molecule has 0 radical (unpaired) electrons. The Morgan fingerprint density at radius 1 is 1.08 bits per heavy atom. The molecule has 0 fully saturated rings. The van der Waals surface area contributed by atoms with Gasteiger partial charge < -0.3 is 19.8 Å². The van der Waals surface area contributed by atoms with E-state index in [9.17, 15) is 9.59 Å². The molecule has 0 unspecified atom stereocenters. The molecule has 0 aliphatic rings. The van der Waals surface area contributed by atoms with Gasteiger partial charge in [0, 0.05) is 5.69 Å². The van der Waals surface area contributed by atoms with Crippen LogP contribution < -0.4 is 10.6 Å². The quantitative estimate of drug-likeness (QED) is 0.657. The predicted octanol–water partition coefficient (Wildman–Crippen LogP) is 2.53. The molecular weight excluding hydrogens is 336 g/mol. The molecule has 26 heavy (non-hydrogen) atoms. The third-order valence-electron chi connectivity index (χ3n) is 3.48. The summed E-state index contributed by atoms with van der Waals surface area (Å²) in [6, 6.07) is 13.4. The Kier molecular flexibility index (Phi) is 5.23. The molecule has 0 aliphatic carbocycles. The summed E-state index contributed by atoms with van der Waals surface area (Å²) in [6.45, 7) is 0.278. The fourth-order valence-electron chi connectivity index (χ4n) is 2.15. The van der Waals surface area contributed by atoms with Crippen molar-refractivity contribution in [1.29, 1.82) is 0 Å². The molecule has 8 nitrogen and oxygen atoms in total. The van der Waals surface area contributed by atoms with Crippen LogP contribution in [0.15, 0.2) is 59.2 Å². The first-order chi connectivity index (χ1) is 12.7. The maximum Gasteiger partial charge on any atom is 0.337 e. The largest absolute Gasteiger partial charge is 0.467 e. The molecule has 0 saturated carbocycles. The molecule has 8 heteroatoms. The Hall–Kier alpha value is -3.68. The summed E-state index contributed by atoms with van der Waals surface area (Å²) in [4.78, 5) is 23.4. The Labute approximate surface area is 149 Å². The lowest BCUT2D eigenvalue weighted by Crippen LogP contribution is -2.23. The van der Waals surface area contributed by atoms with Crippen LogP contribution in [-0.2, 0) is 11.3 Å². The highest BCUT2D eigenvalue weighted by molar-refractivity contribution is 5.92. The van der Waals surface area contributed by atoms with Crippen molar-refractivity contribution in [1.82, 2.24) is 15.5 Å². The zero-order valence-corrected chi connectivity index (χ0v) is 13.9. The average Bonchev–Trinajstić information content (AvgIpc) is 3.20. The van der Waals surface area contributed by atoms with Gasteiger partial charge in [-0.1, -0.05) is 0 Å². The van der Waals surface area contributed by atoms with Crippen molar-refractivity contribution in [3.63, 3.8) is 0 Å². The highest BCUT2D eigenvalue weighted by atomic mass is 16.5. The number of nitrogens with zero attached hydrogens (tertiary/aromatic N) is 2. The molecule has 1 aromatic carbocycles. The second-order valence-electron chi connectivity index (χ2n) is 5.26. The van der Waals surface area contributed by atoms with Crippen LogP contribution >= 0.6 is 0 Å². The van der Waals surface area contributed by atoms with Crippen molar-refractivity contribution in [2.45, 2.75) is 6.54 Å². The zero-order valence-electron chi connectivity index (χ0n) is 13.9. The van der Waals surface area contributed by atoms with Gasteiger partial charge in [0.2, 0.25) is 0 Å². The molecule has 2 heterocycles. The summed E-state index contributed by atoms with van der Waals surface area (Å²) >= 11 is 0. The molecule has 2 aromatic heterocycles. The summed E-state index contributed by atoms with van der Waals surface area (Å²) in [6.07, 6.45) is 1.54. The van der Waals surface area contributed by atoms with Crippen molar-refractivity contribution >= 4 is 23.4 Å². The fourth-order valence-corrected chi connectivity index (χ4v) is 2.15. The number of carbonyl (C=O) groups is 2. The van der Waals surface area contributed by atoms with Crippen molar-refractivity contribution in [3.8, 4) is 0 Å². The highest BCUT2D eigenvalue weighted by Crippen LogP contribution is 2.15. The summed E-state index contributed by atoms with van der Waals surface area (Å²) in [5, 5.41) is 13.6. The predicted molar refractivity (Wildman–Crippen MR) is 93.0 cm³/mol. The maximum atomic E-state index is 12.0. The number of hydrogen-bond acceptors (Lipinski definition) is 7. The van der Waals surface area contributed by atoms with E-state index in [4.69, 9.17) is 4.42 Å². The Bertz CT molecular complexity index is 875. The van der Waals surface area contributed by atoms with Crippen LogP contribution in [-0.4, -0.2) is 29.2 Å². The van der Waals surface area contributed by atoms with Crippen LogP contribution in [0.5, 0.6) is 0 Å². The van der Waals surface area contributed by atoms with Gasteiger partial charge in [-0.15, -0.1) is 10.2 Å². The van der Waals surface area contributed by atoms with Gasteiger partial charge in [-0.25, -0.2) is 4.79 Å². The monoisotopic (exact) mass is 352 g/mol. The molecule has 0 atom stereocenters. The van der Waals surface area contributed by atoms with Crippen LogP contribution in [0.2, 0.25) is 0 Å². The van der Waals surface area contributed by atoms with Crippen molar-refractivity contribution < 1.29 is 18.7 Å². The van der Waals surface area contributed by atoms with Gasteiger partial charge in [-0.05, 0) is 48.5 Å². The van der Waals surface area contributed by atoms with Crippen LogP contribution in [0.25, 0.3) is 0 Å². The smallest absolute Gasteiger partial charge is 0.337 e. The van der Waals surface area contributed by atoms with E-state index >= 15 is 0 Å². The Morgan fingerprint density at radius 2 is 1.88 bits per heavy atom. The van der Waals surface area contributed by atoms with Crippen LogP contribution in [0.3, 0.4) is 0 Å². The fraction of sp³-hybridized carbons (Fsp3) is 0.111. The molecule has 2 N–H and O–H groups in total. The van der Waals surface area contributed by atoms with Gasteiger partial charge in [0.1, 0.15) is 5.76 Å². The van der Waals surface area contributed by atoms with Gasteiger partial charge >= 0.3 is 5.97 Å². The third-order valence-corrected chi connectivity index (χ3v) is 3.48. The SMILES string of the molecule is COC(=O)c1ccc(Nc2ccc(C(=O)NCc3ccco3)nn2)cc1. The summed E-state index contributed by atoms with van der Waals surface area (Å²) in [5.74, 6) is 0.377. The number of ether oxygens (including phenoxy) is 1. The van der Waals surface area contributed by atoms with Gasteiger partial charge in [-0.3, -0.25) is 4.79 Å². The number of amides is 1. The number of aromatic nitrogens is 2. The summed E-state index contributed by atoms with van der Waals surface area (Å²) < 4.78 is 9.79. The van der Waals surface area contributed by atoms with E-state index < -0.39 is 5.97 Å². The van der Waals surface area contributed by atoms with Crippen LogP contribution in [0.1, 0.15) is 26.6 Å². The normalized spacial score (nSPS) is 10.2. The molecular formula is C18H16N4O4. The van der Waals surface area contributed by atoms with E-state index in [1.807, 2.05) is 0 Å². The highest BCUT2D eigenvalue weighted by Gasteiger charge is 2.09. The number of hydrogen-bond donors (Lipinski definition) is 2. The average molecular weight is 352 g/mol. The summed E-state index contributed by atoms with van der Waals surface area (Å²) in [7, 11) is 1.33. The molecule has 0 bridgehead atoms. The van der Waals surface area contributed by atoms with Crippen molar-refractivity contribution in [2.24, 2.45) is 0 Å². The van der Waals surface area contributed by atoms with E-state index in [0.29, 0.717) is 17.1 Å². The second-order valence-corrected chi connectivity index (χ2v) is 5.26. The number of carbonyl (C=O) groups excluding carboxylic acids is 2. The van der Waals surface area contributed by atoms with E-state index in [1.165, 1.54) is 7.11 Å². The van der Waals surface area contributed by atoms with Crippen molar-refractivity contribution in [2.75, 3.05) is 12.4 Å². The number of esters is 1. The lowest BCUT2D eigenvalue weighted by Gasteiger charge is -2.07. The molecule has 0 saturated heterocycles. The minimum atomic E-state index is -0.402. The standard InChI is InChI=1S/C18H16N4O4/c1-25-18(24)12-4-6-13(7-5-12)20-16-9-8-15(21-22-16)17(23)19-11-14-3-2-10-26-14/h2-10H,11H2,1H3,(H,19,23)(H,20,22). The Balaban J connectivity index is 1.58. The van der Waals surface area contributed by atoms with Gasteiger partial charge in [0.25, 0.3) is 5.91 Å². The van der Waals surface area contributed by atoms with Gasteiger partial charge in [0.15, 0.2) is 11.5 Å². The van der Waals surface area contributed by atoms with E-state index in [2.05, 4.69) is 25.6 Å². The van der Waals surface area contributed by atoms with E-state index in [-0.39, 0.29) is 18.1 Å². The minimum absolute atomic E-state index is 0.197. The molecule has 0 aliphatic heterocycles. The van der Waals surface area contributed by atoms with Crippen LogP contribution in [0, 0.1) is 0 Å². The first-order valence-corrected chi connectivity index (χ1v) is 7.75.